The third-order valence-corrected chi connectivity index (χ3v) is 8.69. The number of aromatic nitrogens is 3. The van der Waals surface area contributed by atoms with Crippen LogP contribution in [-0.2, 0) is 27.1 Å². The van der Waals surface area contributed by atoms with E-state index in [2.05, 4.69) is 19.7 Å². The van der Waals surface area contributed by atoms with E-state index in [0.717, 1.165) is 11.6 Å². The number of hydrogen-bond donors (Lipinski definition) is 2. The van der Waals surface area contributed by atoms with Crippen LogP contribution in [0.4, 0.5) is 14.7 Å². The van der Waals surface area contributed by atoms with E-state index in [9.17, 15) is 22.0 Å². The van der Waals surface area contributed by atoms with Gasteiger partial charge in [0.15, 0.2) is 0 Å². The molecule has 3 heterocycles. The molecule has 45 heavy (non-hydrogen) atoms. The maximum Gasteiger partial charge on any atom is 0.269 e. The summed E-state index contributed by atoms with van der Waals surface area (Å²) < 4.78 is 63.2. The summed E-state index contributed by atoms with van der Waals surface area (Å²) in [5.74, 6) is 1.34. The van der Waals surface area contributed by atoms with Gasteiger partial charge in [-0.05, 0) is 36.4 Å². The van der Waals surface area contributed by atoms with Gasteiger partial charge in [-0.3, -0.25) is 9.36 Å². The molecule has 3 aromatic rings. The largest absolute Gasteiger partial charge is 0.387 e. The SMILES string of the molecule is CC.CC.CS(=O)(=O)N1CCC(Nc2ncc3cc(C(F)F)c(=O)n(CCOCC/C(N)=N\SCc4ccccc4)c3n2)CC1. The van der Waals surface area contributed by atoms with Crippen LogP contribution in [-0.4, -0.2) is 71.7 Å². The molecule has 0 radical (unpaired) electrons. The Bertz CT molecular complexity index is 1520. The van der Waals surface area contributed by atoms with Gasteiger partial charge in [-0.25, -0.2) is 30.9 Å². The number of piperidine rings is 1. The minimum Gasteiger partial charge on any atom is -0.387 e. The van der Waals surface area contributed by atoms with Gasteiger partial charge in [0.1, 0.15) is 11.5 Å². The van der Waals surface area contributed by atoms with Gasteiger partial charge in [0.05, 0.1) is 31.6 Å². The molecule has 0 atom stereocenters. The minimum absolute atomic E-state index is 0.00109. The van der Waals surface area contributed by atoms with Crippen LogP contribution in [0.3, 0.4) is 0 Å². The monoisotopic (exact) mass is 669 g/mol. The van der Waals surface area contributed by atoms with Crippen molar-refractivity contribution in [2.24, 2.45) is 10.1 Å². The zero-order valence-corrected chi connectivity index (χ0v) is 28.2. The number of pyridine rings is 1. The quantitative estimate of drug-likeness (QED) is 0.108. The van der Waals surface area contributed by atoms with E-state index in [4.69, 9.17) is 10.5 Å². The molecule has 3 N–H and O–H groups in total. The Hall–Kier alpha value is -3.14. The molecule has 11 nitrogen and oxygen atoms in total. The van der Waals surface area contributed by atoms with Crippen molar-refractivity contribution in [1.82, 2.24) is 18.8 Å². The van der Waals surface area contributed by atoms with Gasteiger partial charge in [0.25, 0.3) is 12.0 Å². The molecular weight excluding hydrogens is 625 g/mol. The van der Waals surface area contributed by atoms with Gasteiger partial charge in [-0.2, -0.15) is 4.98 Å². The molecule has 0 spiro atoms. The van der Waals surface area contributed by atoms with Crippen molar-refractivity contribution in [2.45, 2.75) is 71.7 Å². The number of alkyl halides is 2. The van der Waals surface area contributed by atoms with Gasteiger partial charge < -0.3 is 15.8 Å². The molecule has 0 unspecified atom stereocenters. The number of rotatable bonds is 13. The number of sulfonamides is 1. The third-order valence-electron chi connectivity index (χ3n) is 6.56. The molecular formula is C30H45F2N7O4S2. The average molecular weight is 670 g/mol. The van der Waals surface area contributed by atoms with Crippen molar-refractivity contribution in [3.63, 3.8) is 0 Å². The molecule has 1 aliphatic heterocycles. The fourth-order valence-corrected chi connectivity index (χ4v) is 5.91. The van der Waals surface area contributed by atoms with E-state index < -0.39 is 27.6 Å². The van der Waals surface area contributed by atoms with E-state index in [1.165, 1.54) is 33.3 Å². The molecule has 0 aliphatic carbocycles. The lowest BCUT2D eigenvalue weighted by Gasteiger charge is -2.30. The lowest BCUT2D eigenvalue weighted by atomic mass is 10.1. The van der Waals surface area contributed by atoms with Gasteiger partial charge >= 0.3 is 0 Å². The summed E-state index contributed by atoms with van der Waals surface area (Å²) in [5.41, 5.74) is 5.81. The number of amidine groups is 1. The topological polar surface area (TPSA) is 145 Å². The van der Waals surface area contributed by atoms with E-state index in [-0.39, 0.29) is 37.4 Å². The number of nitrogens with two attached hydrogens (primary N) is 1. The van der Waals surface area contributed by atoms with Crippen LogP contribution in [0.25, 0.3) is 11.0 Å². The van der Waals surface area contributed by atoms with E-state index in [1.54, 1.807) is 0 Å². The summed E-state index contributed by atoms with van der Waals surface area (Å²) in [7, 11) is -3.26. The fourth-order valence-electron chi connectivity index (χ4n) is 4.37. The molecule has 1 saturated heterocycles. The molecule has 1 aromatic carbocycles. The lowest BCUT2D eigenvalue weighted by molar-refractivity contribution is 0.130. The highest BCUT2D eigenvalue weighted by molar-refractivity contribution is 7.97. The highest BCUT2D eigenvalue weighted by Crippen LogP contribution is 2.22. The molecule has 15 heteroatoms. The van der Waals surface area contributed by atoms with Crippen LogP contribution in [0.15, 0.2) is 51.8 Å². The Morgan fingerprint density at radius 1 is 1.16 bits per heavy atom. The number of fused-ring (bicyclic) bond motifs is 1. The first kappa shape index (κ1) is 38.0. The predicted molar refractivity (Wildman–Crippen MR) is 179 cm³/mol. The summed E-state index contributed by atoms with van der Waals surface area (Å²) in [6.07, 6.45) is 1.10. The number of halogens is 2. The number of nitrogens with one attached hydrogen (secondary N) is 1. The second-order valence-electron chi connectivity index (χ2n) is 9.61. The highest BCUT2D eigenvalue weighted by atomic mass is 32.2. The second kappa shape index (κ2) is 19.4. The fraction of sp³-hybridized carbons (Fsp3) is 0.533. The summed E-state index contributed by atoms with van der Waals surface area (Å²) in [6, 6.07) is 10.9. The third kappa shape index (κ3) is 11.9. The molecule has 250 valence electrons. The van der Waals surface area contributed by atoms with E-state index in [1.807, 2.05) is 58.0 Å². The maximum atomic E-state index is 13.6. The number of ether oxygens (including phenoxy) is 1. The molecule has 0 amide bonds. The predicted octanol–water partition coefficient (Wildman–Crippen LogP) is 5.23. The van der Waals surface area contributed by atoms with Crippen molar-refractivity contribution < 1.29 is 21.9 Å². The summed E-state index contributed by atoms with van der Waals surface area (Å²) in [6.45, 7) is 9.05. The summed E-state index contributed by atoms with van der Waals surface area (Å²) in [4.78, 5) is 21.6. The van der Waals surface area contributed by atoms with Crippen LogP contribution in [0.5, 0.6) is 0 Å². The Morgan fingerprint density at radius 2 is 1.82 bits per heavy atom. The zero-order chi connectivity index (χ0) is 33.4. The van der Waals surface area contributed by atoms with Gasteiger partial charge in [-0.15, -0.1) is 0 Å². The van der Waals surface area contributed by atoms with Crippen LogP contribution < -0.4 is 16.6 Å². The molecule has 1 fully saturated rings. The maximum absolute atomic E-state index is 13.6. The van der Waals surface area contributed by atoms with Crippen molar-refractivity contribution in [1.29, 1.82) is 0 Å². The normalized spacial score (nSPS) is 14.4. The molecule has 2 aromatic heterocycles. The molecule has 0 bridgehead atoms. The number of benzene rings is 1. The van der Waals surface area contributed by atoms with Gasteiger partial charge in [0, 0.05) is 42.9 Å². The van der Waals surface area contributed by atoms with Crippen LogP contribution in [0.1, 0.15) is 64.5 Å². The number of hydrogen-bond acceptors (Lipinski definition) is 9. The highest BCUT2D eigenvalue weighted by Gasteiger charge is 2.25. The van der Waals surface area contributed by atoms with E-state index >= 15 is 0 Å². The standard InChI is InChI=1S/C26H33F2N7O4S2.2C2H6/c1-41(37,38)34-10-7-20(8-11-34)31-26-30-16-19-15-21(23(27)28)25(36)35(24(19)32-26)12-14-39-13-9-22(29)33-40-17-18-5-3-2-4-6-18;2*1-2/h2-6,15-16,20,23H,7-14,17H2,1H3,(H2,29,33)(H,30,31,32);2*1-2H3. The number of nitrogens with zero attached hydrogens (tertiary/aromatic N) is 5. The van der Waals surface area contributed by atoms with Crippen molar-refractivity contribution in [3.05, 3.63) is 64.1 Å². The average Bonchev–Trinajstić information content (AvgIpc) is 3.04. The Labute approximate surface area is 268 Å². The summed E-state index contributed by atoms with van der Waals surface area (Å²) >= 11 is 1.34. The summed E-state index contributed by atoms with van der Waals surface area (Å²) in [5, 5.41) is 3.47. The lowest BCUT2D eigenvalue weighted by Crippen LogP contribution is -2.42. The molecule has 1 aliphatic rings. The van der Waals surface area contributed by atoms with Crippen LogP contribution in [0, 0.1) is 0 Å². The number of anilines is 1. The first-order valence-electron chi connectivity index (χ1n) is 15.1. The molecule has 0 saturated carbocycles. The Kier molecular flexibility index (Phi) is 16.4. The van der Waals surface area contributed by atoms with E-state index in [0.29, 0.717) is 49.3 Å². The smallest absolute Gasteiger partial charge is 0.269 e. The first-order chi connectivity index (χ1) is 21.6. The van der Waals surface area contributed by atoms with Crippen LogP contribution in [0.2, 0.25) is 0 Å². The van der Waals surface area contributed by atoms with Crippen molar-refractivity contribution in [3.8, 4) is 0 Å². The minimum atomic E-state index is -3.26. The zero-order valence-electron chi connectivity index (χ0n) is 26.6. The Balaban J connectivity index is 0.00000169. The van der Waals surface area contributed by atoms with Crippen molar-refractivity contribution in [2.75, 3.05) is 37.9 Å². The molecule has 4 rings (SSSR count). The van der Waals surface area contributed by atoms with Crippen LogP contribution >= 0.6 is 11.9 Å². The first-order valence-corrected chi connectivity index (χ1v) is 17.9. The Morgan fingerprint density at radius 3 is 2.44 bits per heavy atom. The van der Waals surface area contributed by atoms with Gasteiger partial charge in [0.2, 0.25) is 16.0 Å². The second-order valence-corrected chi connectivity index (χ2v) is 12.3. The van der Waals surface area contributed by atoms with Gasteiger partial charge in [-0.1, -0.05) is 58.0 Å². The van der Waals surface area contributed by atoms with Crippen molar-refractivity contribution >= 4 is 44.8 Å².